The van der Waals surface area contributed by atoms with Gasteiger partial charge in [0.05, 0.1) is 34.8 Å². The van der Waals surface area contributed by atoms with E-state index in [1.165, 1.54) is 12.1 Å². The van der Waals surface area contributed by atoms with Gasteiger partial charge in [-0.05, 0) is 61.4 Å². The van der Waals surface area contributed by atoms with Gasteiger partial charge in [0.1, 0.15) is 17.2 Å². The average Bonchev–Trinajstić information content (AvgIpc) is 2.76. The number of hydrogen-bond donors (Lipinski definition) is 2. The van der Waals surface area contributed by atoms with Crippen molar-refractivity contribution in [3.63, 3.8) is 0 Å². The zero-order chi connectivity index (χ0) is 22.5. The normalized spacial score (nSPS) is 10.1. The van der Waals surface area contributed by atoms with E-state index in [2.05, 4.69) is 11.4 Å². The molecule has 0 fully saturated rings. The van der Waals surface area contributed by atoms with Gasteiger partial charge in [-0.1, -0.05) is 0 Å². The fourth-order valence-corrected chi connectivity index (χ4v) is 3.15. The lowest BCUT2D eigenvalue weighted by Crippen LogP contribution is -2.02. The summed E-state index contributed by atoms with van der Waals surface area (Å²) in [6, 6.07) is 16.6. The highest BCUT2D eigenvalue weighted by molar-refractivity contribution is 5.73. The second kappa shape index (κ2) is 8.95. The molecule has 0 atom stereocenters. The Balaban J connectivity index is 2.06. The maximum atomic E-state index is 11.6. The van der Waals surface area contributed by atoms with Crippen LogP contribution in [0.2, 0.25) is 0 Å². The molecule has 0 unspecified atom stereocenters. The fraction of sp³-hybridized carbons (Fsp3) is 0.130. The van der Waals surface area contributed by atoms with Gasteiger partial charge in [0, 0.05) is 23.4 Å². The monoisotopic (exact) mass is 414 g/mol. The van der Waals surface area contributed by atoms with Gasteiger partial charge >= 0.3 is 0 Å². The zero-order valence-corrected chi connectivity index (χ0v) is 16.8. The number of benzene rings is 3. The Bertz CT molecular complexity index is 1220. The molecule has 154 valence electrons. The lowest BCUT2D eigenvalue weighted by atomic mass is 10.1. The first kappa shape index (κ1) is 21.3. The van der Waals surface area contributed by atoms with Crippen molar-refractivity contribution in [1.82, 2.24) is 0 Å². The van der Waals surface area contributed by atoms with E-state index in [-0.39, 0.29) is 22.7 Å². The van der Waals surface area contributed by atoms with Gasteiger partial charge in [0.25, 0.3) is 5.69 Å². The molecule has 8 nitrogen and oxygen atoms in total. The molecule has 0 bridgehead atoms. The van der Waals surface area contributed by atoms with E-state index < -0.39 is 11.5 Å². The van der Waals surface area contributed by atoms with Crippen LogP contribution in [-0.2, 0) is 6.61 Å². The number of nitrogens with zero attached hydrogens (tertiary/aromatic N) is 3. The molecule has 0 amide bonds. The van der Waals surface area contributed by atoms with Crippen molar-refractivity contribution in [2.24, 2.45) is 0 Å². The third kappa shape index (κ3) is 4.61. The predicted molar refractivity (Wildman–Crippen MR) is 114 cm³/mol. The summed E-state index contributed by atoms with van der Waals surface area (Å²) < 4.78 is 6.04. The number of ether oxygens (including phenoxy) is 1. The summed E-state index contributed by atoms with van der Waals surface area (Å²) in [5, 5.41) is 42.4. The van der Waals surface area contributed by atoms with E-state index in [0.717, 1.165) is 11.1 Å². The maximum absolute atomic E-state index is 11.6. The van der Waals surface area contributed by atoms with E-state index in [4.69, 9.17) is 15.3 Å². The zero-order valence-electron chi connectivity index (χ0n) is 16.8. The van der Waals surface area contributed by atoms with Crippen LogP contribution in [0.1, 0.15) is 27.8 Å². The fourth-order valence-electron chi connectivity index (χ4n) is 3.15. The smallest absolute Gasteiger partial charge is 0.293 e. The molecule has 3 aromatic carbocycles. The molecular weight excluding hydrogens is 396 g/mol. The summed E-state index contributed by atoms with van der Waals surface area (Å²) in [7, 11) is 0. The van der Waals surface area contributed by atoms with Gasteiger partial charge in [0.2, 0.25) is 0 Å². The van der Waals surface area contributed by atoms with Gasteiger partial charge in [-0.15, -0.1) is 0 Å². The summed E-state index contributed by atoms with van der Waals surface area (Å²) >= 11 is 0. The highest BCUT2D eigenvalue weighted by Gasteiger charge is 2.20. The Labute approximate surface area is 178 Å². The summed E-state index contributed by atoms with van der Waals surface area (Å²) in [5.74, 6) is 0.757. The van der Waals surface area contributed by atoms with E-state index in [1.54, 1.807) is 50.2 Å². The number of hydrogen-bond acceptors (Lipinski definition) is 7. The van der Waals surface area contributed by atoms with Crippen LogP contribution < -0.4 is 10.1 Å². The van der Waals surface area contributed by atoms with E-state index in [1.807, 2.05) is 6.07 Å². The molecule has 0 aliphatic heterocycles. The molecule has 0 radical (unpaired) electrons. The van der Waals surface area contributed by atoms with Gasteiger partial charge in [-0.2, -0.15) is 10.5 Å². The number of rotatable bonds is 6. The Morgan fingerprint density at radius 2 is 1.65 bits per heavy atom. The molecule has 0 aliphatic rings. The van der Waals surface area contributed by atoms with E-state index in [9.17, 15) is 15.2 Å². The predicted octanol–water partition coefficient (Wildman–Crippen LogP) is 4.98. The van der Waals surface area contributed by atoms with Gasteiger partial charge in [-0.25, -0.2) is 0 Å². The highest BCUT2D eigenvalue weighted by Crippen LogP contribution is 2.38. The first-order chi connectivity index (χ1) is 14.9. The number of nitro groups is 1. The Hall–Kier alpha value is -4.40. The molecule has 8 heteroatoms. The Kier molecular flexibility index (Phi) is 6.15. The first-order valence-electron chi connectivity index (χ1n) is 9.24. The highest BCUT2D eigenvalue weighted by atomic mass is 16.6. The van der Waals surface area contributed by atoms with Gasteiger partial charge in [0.15, 0.2) is 0 Å². The second-order valence-electron chi connectivity index (χ2n) is 6.86. The van der Waals surface area contributed by atoms with Crippen LogP contribution in [0.3, 0.4) is 0 Å². The number of aliphatic hydroxyl groups excluding tert-OH is 1. The average molecular weight is 414 g/mol. The number of nitrogens with one attached hydrogen (secondary N) is 1. The van der Waals surface area contributed by atoms with Crippen molar-refractivity contribution >= 4 is 17.1 Å². The minimum atomic E-state index is -0.548. The molecule has 0 spiro atoms. The number of aliphatic hydroxyl groups is 1. The number of anilines is 2. The van der Waals surface area contributed by atoms with Crippen LogP contribution >= 0.6 is 0 Å². The third-order valence-electron chi connectivity index (χ3n) is 4.64. The SMILES string of the molecule is Cc1cc(C#N)cc(C)c1Oc1cc(Nc2ccc(C#N)cc2)c([N+](=O)[O-])cc1CO. The van der Waals surface area contributed by atoms with Crippen LogP contribution in [0, 0.1) is 46.6 Å². The molecule has 3 rings (SSSR count). The van der Waals surface area contributed by atoms with Crippen LogP contribution in [0.25, 0.3) is 0 Å². The summed E-state index contributed by atoms with van der Waals surface area (Å²) in [6.07, 6.45) is 0. The van der Waals surface area contributed by atoms with Crippen molar-refractivity contribution in [3.8, 4) is 23.6 Å². The van der Waals surface area contributed by atoms with Crippen molar-refractivity contribution in [2.75, 3.05) is 5.32 Å². The quantitative estimate of drug-likeness (QED) is 0.429. The van der Waals surface area contributed by atoms with Gasteiger partial charge < -0.3 is 15.2 Å². The largest absolute Gasteiger partial charge is 0.456 e. The molecule has 0 saturated heterocycles. The van der Waals surface area contributed by atoms with Gasteiger partial charge in [-0.3, -0.25) is 10.1 Å². The molecule has 31 heavy (non-hydrogen) atoms. The maximum Gasteiger partial charge on any atom is 0.293 e. The van der Waals surface area contributed by atoms with Crippen LogP contribution in [0.15, 0.2) is 48.5 Å². The second-order valence-corrected chi connectivity index (χ2v) is 6.86. The number of aryl methyl sites for hydroxylation is 2. The van der Waals surface area contributed by atoms with Crippen LogP contribution in [-0.4, -0.2) is 10.0 Å². The third-order valence-corrected chi connectivity index (χ3v) is 4.64. The Morgan fingerprint density at radius 1 is 1.03 bits per heavy atom. The van der Waals surface area contributed by atoms with E-state index >= 15 is 0 Å². The molecule has 3 aromatic rings. The number of nitriles is 2. The Morgan fingerprint density at radius 3 is 2.16 bits per heavy atom. The van der Waals surface area contributed by atoms with Crippen LogP contribution in [0.5, 0.6) is 11.5 Å². The summed E-state index contributed by atoms with van der Waals surface area (Å²) in [5.41, 5.74) is 3.15. The van der Waals surface area contributed by atoms with Crippen molar-refractivity contribution in [1.29, 1.82) is 10.5 Å². The van der Waals surface area contributed by atoms with Crippen molar-refractivity contribution in [3.05, 3.63) is 86.5 Å². The minimum absolute atomic E-state index is 0.172. The van der Waals surface area contributed by atoms with E-state index in [0.29, 0.717) is 22.6 Å². The standard InChI is InChI=1S/C23H18N4O4/c1-14-7-17(12-25)8-15(2)23(14)31-22-10-20(21(27(29)30)9-18(22)13-28)26-19-5-3-16(11-24)4-6-19/h3-10,26,28H,13H2,1-2H3. The topological polar surface area (TPSA) is 132 Å². The summed E-state index contributed by atoms with van der Waals surface area (Å²) in [6.45, 7) is 3.13. The lowest BCUT2D eigenvalue weighted by Gasteiger charge is -2.16. The molecule has 0 aliphatic carbocycles. The molecule has 0 saturated carbocycles. The summed E-state index contributed by atoms with van der Waals surface area (Å²) in [4.78, 5) is 11.0. The minimum Gasteiger partial charge on any atom is -0.456 e. The molecule has 2 N–H and O–H groups in total. The lowest BCUT2D eigenvalue weighted by molar-refractivity contribution is -0.384. The first-order valence-corrected chi connectivity index (χ1v) is 9.24. The van der Waals surface area contributed by atoms with Crippen molar-refractivity contribution in [2.45, 2.75) is 20.5 Å². The van der Waals surface area contributed by atoms with Crippen molar-refractivity contribution < 1.29 is 14.8 Å². The van der Waals surface area contributed by atoms with Crippen LogP contribution in [0.4, 0.5) is 17.1 Å². The number of nitro benzene ring substituents is 1. The molecule has 0 heterocycles. The molecular formula is C23H18N4O4. The molecule has 0 aromatic heterocycles.